The monoisotopic (exact) mass is 451 g/mol. The summed E-state index contributed by atoms with van der Waals surface area (Å²) in [4.78, 5) is 4.19. The van der Waals surface area contributed by atoms with Gasteiger partial charge in [0.25, 0.3) is 0 Å². The van der Waals surface area contributed by atoms with Crippen molar-refractivity contribution in [1.82, 2.24) is 10.6 Å². The van der Waals surface area contributed by atoms with Crippen molar-refractivity contribution in [3.8, 4) is 0 Å². The van der Waals surface area contributed by atoms with Gasteiger partial charge in [0, 0.05) is 33.4 Å². The van der Waals surface area contributed by atoms with Crippen LogP contribution in [-0.4, -0.2) is 39.3 Å². The molecule has 0 radical (unpaired) electrons. The van der Waals surface area contributed by atoms with Crippen LogP contribution >= 0.6 is 24.0 Å². The van der Waals surface area contributed by atoms with Crippen molar-refractivity contribution in [3.63, 3.8) is 0 Å². The van der Waals surface area contributed by atoms with E-state index >= 15 is 0 Å². The standard InChI is InChI=1S/C18H30FN3O.HI/c1-15(2)14-23-12-6-11-22-18(20-3)21-10-5-8-16-7-4-9-17(19)13-16;/h4,7,9,13,15H,5-6,8,10-12,14H2,1-3H3,(H2,20,21,22);1H. The number of hydrogen-bond acceptors (Lipinski definition) is 2. The number of guanidine groups is 1. The van der Waals surface area contributed by atoms with Crippen LogP contribution in [0, 0.1) is 11.7 Å². The molecule has 0 amide bonds. The van der Waals surface area contributed by atoms with E-state index in [2.05, 4.69) is 29.5 Å². The number of nitrogens with zero attached hydrogens (tertiary/aromatic N) is 1. The molecule has 2 N–H and O–H groups in total. The first kappa shape index (κ1) is 23.1. The van der Waals surface area contributed by atoms with E-state index in [1.54, 1.807) is 19.2 Å². The van der Waals surface area contributed by atoms with Gasteiger partial charge in [-0.3, -0.25) is 4.99 Å². The van der Waals surface area contributed by atoms with Crippen molar-refractivity contribution < 1.29 is 9.13 Å². The van der Waals surface area contributed by atoms with E-state index in [-0.39, 0.29) is 29.8 Å². The molecule has 4 nitrogen and oxygen atoms in total. The van der Waals surface area contributed by atoms with Crippen LogP contribution < -0.4 is 10.6 Å². The topological polar surface area (TPSA) is 45.7 Å². The molecule has 6 heteroatoms. The summed E-state index contributed by atoms with van der Waals surface area (Å²) in [6.07, 6.45) is 2.74. The maximum Gasteiger partial charge on any atom is 0.190 e. The molecule has 0 aliphatic heterocycles. The zero-order chi connectivity index (χ0) is 16.9. The number of benzene rings is 1. The summed E-state index contributed by atoms with van der Waals surface area (Å²) >= 11 is 0. The third kappa shape index (κ3) is 11.6. The van der Waals surface area contributed by atoms with Gasteiger partial charge in [-0.15, -0.1) is 24.0 Å². The summed E-state index contributed by atoms with van der Waals surface area (Å²) in [6.45, 7) is 7.51. The second-order valence-electron chi connectivity index (χ2n) is 5.98. The molecule has 1 aromatic carbocycles. The quantitative estimate of drug-likeness (QED) is 0.247. The SMILES string of the molecule is CN=C(NCCCOCC(C)C)NCCCc1cccc(F)c1.I. The molecular formula is C18H31FIN3O. The van der Waals surface area contributed by atoms with Crippen LogP contribution in [0.5, 0.6) is 0 Å². The van der Waals surface area contributed by atoms with E-state index < -0.39 is 0 Å². The molecule has 0 unspecified atom stereocenters. The zero-order valence-electron chi connectivity index (χ0n) is 15.0. The number of aliphatic imine (C=N–C) groups is 1. The average Bonchev–Trinajstić information content (AvgIpc) is 2.52. The number of aryl methyl sites for hydroxylation is 1. The normalized spacial score (nSPS) is 11.3. The minimum absolute atomic E-state index is 0. The average molecular weight is 451 g/mol. The second kappa shape index (κ2) is 14.5. The zero-order valence-corrected chi connectivity index (χ0v) is 17.3. The van der Waals surface area contributed by atoms with Gasteiger partial charge in [0.15, 0.2) is 5.96 Å². The lowest BCUT2D eigenvalue weighted by Gasteiger charge is -2.12. The maximum absolute atomic E-state index is 13.1. The Labute approximate surface area is 162 Å². The van der Waals surface area contributed by atoms with Gasteiger partial charge >= 0.3 is 0 Å². The number of ether oxygens (including phenoxy) is 1. The first-order valence-electron chi connectivity index (χ1n) is 8.38. The Morgan fingerprint density at radius 3 is 2.54 bits per heavy atom. The van der Waals surface area contributed by atoms with Gasteiger partial charge in [0.2, 0.25) is 0 Å². The molecule has 0 heterocycles. The molecule has 0 saturated heterocycles. The number of nitrogens with one attached hydrogen (secondary N) is 2. The Balaban J connectivity index is 0.00000529. The lowest BCUT2D eigenvalue weighted by Crippen LogP contribution is -2.38. The molecule has 0 saturated carbocycles. The number of hydrogen-bond donors (Lipinski definition) is 2. The Bertz CT molecular complexity index is 469. The van der Waals surface area contributed by atoms with Gasteiger partial charge in [0.05, 0.1) is 0 Å². The van der Waals surface area contributed by atoms with Gasteiger partial charge in [-0.1, -0.05) is 26.0 Å². The van der Waals surface area contributed by atoms with Crippen molar-refractivity contribution >= 4 is 29.9 Å². The Hall–Kier alpha value is -0.890. The van der Waals surface area contributed by atoms with E-state index in [9.17, 15) is 4.39 Å². The van der Waals surface area contributed by atoms with Crippen LogP contribution in [0.3, 0.4) is 0 Å². The summed E-state index contributed by atoms with van der Waals surface area (Å²) < 4.78 is 18.6. The minimum atomic E-state index is -0.173. The van der Waals surface area contributed by atoms with Gasteiger partial charge in [-0.05, 0) is 42.9 Å². The van der Waals surface area contributed by atoms with Crippen LogP contribution in [0.4, 0.5) is 4.39 Å². The van der Waals surface area contributed by atoms with Gasteiger partial charge in [0.1, 0.15) is 5.82 Å². The lowest BCUT2D eigenvalue weighted by molar-refractivity contribution is 0.108. The fourth-order valence-corrected chi connectivity index (χ4v) is 2.11. The third-order valence-corrected chi connectivity index (χ3v) is 3.26. The maximum atomic E-state index is 13.1. The largest absolute Gasteiger partial charge is 0.381 e. The molecule has 0 spiro atoms. The van der Waals surface area contributed by atoms with Crippen molar-refractivity contribution in [3.05, 3.63) is 35.6 Å². The molecule has 138 valence electrons. The second-order valence-corrected chi connectivity index (χ2v) is 5.98. The first-order valence-corrected chi connectivity index (χ1v) is 8.38. The van der Waals surface area contributed by atoms with Crippen molar-refractivity contribution in [2.24, 2.45) is 10.9 Å². The van der Waals surface area contributed by atoms with E-state index in [1.165, 1.54) is 6.07 Å². The summed E-state index contributed by atoms with van der Waals surface area (Å²) in [5, 5.41) is 6.53. The van der Waals surface area contributed by atoms with Crippen LogP contribution in [0.1, 0.15) is 32.3 Å². The van der Waals surface area contributed by atoms with Crippen LogP contribution in [0.15, 0.2) is 29.3 Å². The Morgan fingerprint density at radius 1 is 1.21 bits per heavy atom. The number of halogens is 2. The van der Waals surface area contributed by atoms with Gasteiger partial charge < -0.3 is 15.4 Å². The van der Waals surface area contributed by atoms with E-state index in [1.807, 2.05) is 6.07 Å². The lowest BCUT2D eigenvalue weighted by atomic mass is 10.1. The van der Waals surface area contributed by atoms with E-state index in [0.717, 1.165) is 57.1 Å². The summed E-state index contributed by atoms with van der Waals surface area (Å²) in [5.41, 5.74) is 1.03. The fraction of sp³-hybridized carbons (Fsp3) is 0.611. The smallest absolute Gasteiger partial charge is 0.190 e. The van der Waals surface area contributed by atoms with Crippen LogP contribution in [-0.2, 0) is 11.2 Å². The molecule has 0 aliphatic carbocycles. The molecule has 0 bridgehead atoms. The third-order valence-electron chi connectivity index (χ3n) is 3.26. The van der Waals surface area contributed by atoms with Gasteiger partial charge in [-0.25, -0.2) is 4.39 Å². The minimum Gasteiger partial charge on any atom is -0.381 e. The molecule has 1 rings (SSSR count). The van der Waals surface area contributed by atoms with Crippen molar-refractivity contribution in [1.29, 1.82) is 0 Å². The molecule has 0 aromatic heterocycles. The van der Waals surface area contributed by atoms with E-state index in [4.69, 9.17) is 4.74 Å². The van der Waals surface area contributed by atoms with Crippen molar-refractivity contribution in [2.75, 3.05) is 33.4 Å². The highest BCUT2D eigenvalue weighted by molar-refractivity contribution is 14.0. The molecule has 1 aromatic rings. The Morgan fingerprint density at radius 2 is 1.92 bits per heavy atom. The highest BCUT2D eigenvalue weighted by Gasteiger charge is 1.99. The van der Waals surface area contributed by atoms with E-state index in [0.29, 0.717) is 5.92 Å². The predicted molar refractivity (Wildman–Crippen MR) is 110 cm³/mol. The molecule has 0 atom stereocenters. The number of rotatable bonds is 10. The molecule has 0 fully saturated rings. The molecule has 24 heavy (non-hydrogen) atoms. The Kier molecular flexibility index (Phi) is 13.9. The molecule has 0 aliphatic rings. The van der Waals surface area contributed by atoms with Crippen LogP contribution in [0.25, 0.3) is 0 Å². The predicted octanol–water partition coefficient (Wildman–Crippen LogP) is 3.60. The summed E-state index contributed by atoms with van der Waals surface area (Å²) in [6, 6.07) is 6.76. The van der Waals surface area contributed by atoms with Crippen LogP contribution in [0.2, 0.25) is 0 Å². The summed E-state index contributed by atoms with van der Waals surface area (Å²) in [7, 11) is 1.76. The van der Waals surface area contributed by atoms with Gasteiger partial charge in [-0.2, -0.15) is 0 Å². The van der Waals surface area contributed by atoms with Crippen molar-refractivity contribution in [2.45, 2.75) is 33.1 Å². The molecular weight excluding hydrogens is 420 g/mol. The fourth-order valence-electron chi connectivity index (χ4n) is 2.11. The highest BCUT2D eigenvalue weighted by atomic mass is 127. The highest BCUT2D eigenvalue weighted by Crippen LogP contribution is 2.05. The first-order chi connectivity index (χ1) is 11.1. The summed E-state index contributed by atoms with van der Waals surface area (Å²) in [5.74, 6) is 1.20.